The number of aliphatic carboxylic acids is 1. The standard InChI is InChI=1S/C25H28N2O5/c1-16(23(29)30)26-22(28)14-25(12-6-7-13-25)27-24(31)32-15-21-19-10-4-2-8-17(19)18-9-3-5-11-20(18)21/h2-5,8-11,16,21H,6-7,12-15H2,1H3,(H,26,28)(H,27,31)(H,29,30)/t16-/m1/s1. The predicted octanol–water partition coefficient (Wildman–Crippen LogP) is 3.82. The van der Waals surface area contributed by atoms with E-state index < -0.39 is 23.6 Å². The molecule has 0 aromatic heterocycles. The van der Waals surface area contributed by atoms with Gasteiger partial charge in [-0.3, -0.25) is 9.59 Å². The summed E-state index contributed by atoms with van der Waals surface area (Å²) in [6.07, 6.45) is 2.59. The SMILES string of the molecule is C[C@@H](NC(=O)CC1(NC(=O)OCC2c3ccccc3-c3ccccc32)CCCC1)C(=O)O. The average molecular weight is 437 g/mol. The van der Waals surface area contributed by atoms with E-state index in [0.717, 1.165) is 35.1 Å². The van der Waals surface area contributed by atoms with Gasteiger partial charge < -0.3 is 20.5 Å². The first-order valence-corrected chi connectivity index (χ1v) is 11.0. The second-order valence-electron chi connectivity index (χ2n) is 8.74. The first kappa shape index (κ1) is 21.9. The topological polar surface area (TPSA) is 105 Å². The summed E-state index contributed by atoms with van der Waals surface area (Å²) in [4.78, 5) is 36.1. The minimum atomic E-state index is -1.09. The third-order valence-electron chi connectivity index (χ3n) is 6.52. The molecule has 1 fully saturated rings. The van der Waals surface area contributed by atoms with Gasteiger partial charge in [-0.15, -0.1) is 0 Å². The number of fused-ring (bicyclic) bond motifs is 3. The zero-order valence-electron chi connectivity index (χ0n) is 18.1. The fraction of sp³-hybridized carbons (Fsp3) is 0.400. The van der Waals surface area contributed by atoms with E-state index in [1.54, 1.807) is 0 Å². The van der Waals surface area contributed by atoms with E-state index in [1.165, 1.54) is 6.92 Å². The Balaban J connectivity index is 1.41. The number of rotatable bonds is 7. The number of amides is 2. The summed E-state index contributed by atoms with van der Waals surface area (Å²) in [5.74, 6) is -1.52. The highest BCUT2D eigenvalue weighted by Crippen LogP contribution is 2.44. The van der Waals surface area contributed by atoms with Gasteiger partial charge in [0.1, 0.15) is 12.6 Å². The number of alkyl carbamates (subject to hydrolysis) is 1. The van der Waals surface area contributed by atoms with Gasteiger partial charge in [0, 0.05) is 12.3 Å². The third kappa shape index (κ3) is 4.47. The Labute approximate surface area is 187 Å². The van der Waals surface area contributed by atoms with E-state index in [-0.39, 0.29) is 24.9 Å². The molecule has 2 aliphatic carbocycles. The molecule has 1 saturated carbocycles. The number of hydrogen-bond acceptors (Lipinski definition) is 4. The summed E-state index contributed by atoms with van der Waals surface area (Å²) in [6.45, 7) is 1.62. The maximum absolute atomic E-state index is 12.7. The van der Waals surface area contributed by atoms with Crippen molar-refractivity contribution < 1.29 is 24.2 Å². The Morgan fingerprint density at radius 3 is 2.16 bits per heavy atom. The van der Waals surface area contributed by atoms with Crippen molar-refractivity contribution in [3.8, 4) is 11.1 Å². The molecule has 7 heteroatoms. The molecular formula is C25H28N2O5. The summed E-state index contributed by atoms with van der Waals surface area (Å²) in [5, 5.41) is 14.4. The minimum absolute atomic E-state index is 0.0348. The number of carboxylic acid groups (broad SMARTS) is 1. The number of carbonyl (C=O) groups excluding carboxylic acids is 2. The Hall–Kier alpha value is -3.35. The quantitative estimate of drug-likeness (QED) is 0.612. The lowest BCUT2D eigenvalue weighted by Crippen LogP contribution is -2.51. The van der Waals surface area contributed by atoms with Crippen LogP contribution in [0.1, 0.15) is 56.1 Å². The van der Waals surface area contributed by atoms with Crippen molar-refractivity contribution in [1.29, 1.82) is 0 Å². The van der Waals surface area contributed by atoms with Crippen molar-refractivity contribution in [3.05, 3.63) is 59.7 Å². The lowest BCUT2D eigenvalue weighted by atomic mass is 9.92. The largest absolute Gasteiger partial charge is 0.480 e. The van der Waals surface area contributed by atoms with Crippen LogP contribution < -0.4 is 10.6 Å². The van der Waals surface area contributed by atoms with Crippen LogP contribution in [-0.2, 0) is 14.3 Å². The summed E-state index contributed by atoms with van der Waals surface area (Å²) >= 11 is 0. The molecule has 168 valence electrons. The smallest absolute Gasteiger partial charge is 0.407 e. The molecule has 4 rings (SSSR count). The molecule has 0 heterocycles. The van der Waals surface area contributed by atoms with Crippen LogP contribution in [0.3, 0.4) is 0 Å². The van der Waals surface area contributed by atoms with Crippen molar-refractivity contribution in [1.82, 2.24) is 10.6 Å². The van der Waals surface area contributed by atoms with Gasteiger partial charge in [0.15, 0.2) is 0 Å². The van der Waals surface area contributed by atoms with Crippen LogP contribution in [0, 0.1) is 0 Å². The van der Waals surface area contributed by atoms with Gasteiger partial charge in [0.2, 0.25) is 5.91 Å². The summed E-state index contributed by atoms with van der Waals surface area (Å²) in [6, 6.07) is 15.3. The molecule has 0 aliphatic heterocycles. The molecule has 0 saturated heterocycles. The zero-order valence-corrected chi connectivity index (χ0v) is 18.1. The highest BCUT2D eigenvalue weighted by Gasteiger charge is 2.39. The lowest BCUT2D eigenvalue weighted by molar-refractivity contribution is -0.141. The molecule has 0 unspecified atom stereocenters. The molecule has 1 atom stereocenters. The molecule has 0 bridgehead atoms. The highest BCUT2D eigenvalue weighted by molar-refractivity contribution is 5.84. The summed E-state index contributed by atoms with van der Waals surface area (Å²) in [5.41, 5.74) is 3.89. The van der Waals surface area contributed by atoms with Crippen molar-refractivity contribution >= 4 is 18.0 Å². The minimum Gasteiger partial charge on any atom is -0.480 e. The summed E-state index contributed by atoms with van der Waals surface area (Å²) in [7, 11) is 0. The number of benzene rings is 2. The van der Waals surface area contributed by atoms with Gasteiger partial charge in [-0.25, -0.2) is 4.79 Å². The molecule has 2 aromatic rings. The molecule has 2 amide bonds. The average Bonchev–Trinajstić information content (AvgIpc) is 3.34. The Bertz CT molecular complexity index is 983. The van der Waals surface area contributed by atoms with Crippen LogP contribution in [0.25, 0.3) is 11.1 Å². The normalized spacial score (nSPS) is 17.2. The molecule has 32 heavy (non-hydrogen) atoms. The molecule has 0 radical (unpaired) electrons. The van der Waals surface area contributed by atoms with Gasteiger partial charge >= 0.3 is 12.1 Å². The molecule has 7 nitrogen and oxygen atoms in total. The van der Waals surface area contributed by atoms with Crippen molar-refractivity contribution in [2.75, 3.05) is 6.61 Å². The predicted molar refractivity (Wildman–Crippen MR) is 119 cm³/mol. The van der Waals surface area contributed by atoms with E-state index in [9.17, 15) is 14.4 Å². The van der Waals surface area contributed by atoms with E-state index >= 15 is 0 Å². The van der Waals surface area contributed by atoms with Gasteiger partial charge in [-0.2, -0.15) is 0 Å². The zero-order chi connectivity index (χ0) is 22.7. The van der Waals surface area contributed by atoms with Crippen molar-refractivity contribution in [2.45, 2.75) is 56.5 Å². The maximum Gasteiger partial charge on any atom is 0.407 e. The Morgan fingerprint density at radius 2 is 1.59 bits per heavy atom. The van der Waals surface area contributed by atoms with Gasteiger partial charge in [0.05, 0.1) is 5.54 Å². The number of carbonyl (C=O) groups is 3. The van der Waals surface area contributed by atoms with Crippen LogP contribution in [0.15, 0.2) is 48.5 Å². The van der Waals surface area contributed by atoms with Gasteiger partial charge in [0.25, 0.3) is 0 Å². The second-order valence-corrected chi connectivity index (χ2v) is 8.74. The lowest BCUT2D eigenvalue weighted by Gasteiger charge is -2.30. The van der Waals surface area contributed by atoms with E-state index in [4.69, 9.17) is 9.84 Å². The number of nitrogens with one attached hydrogen (secondary N) is 2. The van der Waals surface area contributed by atoms with Gasteiger partial charge in [-0.1, -0.05) is 61.4 Å². The van der Waals surface area contributed by atoms with Crippen LogP contribution in [0.5, 0.6) is 0 Å². The maximum atomic E-state index is 12.7. The highest BCUT2D eigenvalue weighted by atomic mass is 16.5. The first-order valence-electron chi connectivity index (χ1n) is 11.0. The second kappa shape index (κ2) is 9.02. The van der Waals surface area contributed by atoms with Crippen molar-refractivity contribution in [3.63, 3.8) is 0 Å². The van der Waals surface area contributed by atoms with Crippen LogP contribution in [0.2, 0.25) is 0 Å². The summed E-state index contributed by atoms with van der Waals surface area (Å²) < 4.78 is 5.65. The molecule has 3 N–H and O–H groups in total. The first-order chi connectivity index (χ1) is 15.4. The number of hydrogen-bond donors (Lipinski definition) is 3. The van der Waals surface area contributed by atoms with E-state index in [1.807, 2.05) is 24.3 Å². The fourth-order valence-electron chi connectivity index (χ4n) is 4.91. The number of ether oxygens (including phenoxy) is 1. The monoisotopic (exact) mass is 436 g/mol. The van der Waals surface area contributed by atoms with Gasteiger partial charge in [-0.05, 0) is 42.0 Å². The van der Waals surface area contributed by atoms with Crippen LogP contribution in [0.4, 0.5) is 4.79 Å². The molecule has 2 aromatic carbocycles. The van der Waals surface area contributed by atoms with Crippen LogP contribution >= 0.6 is 0 Å². The van der Waals surface area contributed by atoms with Crippen LogP contribution in [-0.4, -0.2) is 41.3 Å². The molecule has 2 aliphatic rings. The van der Waals surface area contributed by atoms with E-state index in [2.05, 4.69) is 34.9 Å². The number of carboxylic acids is 1. The third-order valence-corrected chi connectivity index (χ3v) is 6.52. The Kier molecular flexibility index (Phi) is 6.17. The molecular weight excluding hydrogens is 408 g/mol. The van der Waals surface area contributed by atoms with E-state index in [0.29, 0.717) is 12.8 Å². The Morgan fingerprint density at radius 1 is 1.03 bits per heavy atom. The fourth-order valence-corrected chi connectivity index (χ4v) is 4.91. The van der Waals surface area contributed by atoms with Crippen molar-refractivity contribution in [2.24, 2.45) is 0 Å². The molecule has 0 spiro atoms.